The Bertz CT molecular complexity index is 536. The minimum atomic E-state index is -0.00416. The maximum Gasteiger partial charge on any atom is 0.239 e. The summed E-state index contributed by atoms with van der Waals surface area (Å²) < 4.78 is 1.98. The Balaban J connectivity index is 2.47. The van der Waals surface area contributed by atoms with Crippen molar-refractivity contribution < 1.29 is 4.79 Å². The van der Waals surface area contributed by atoms with Crippen molar-refractivity contribution >= 4 is 28.7 Å². The van der Waals surface area contributed by atoms with Crippen LogP contribution in [0.25, 0.3) is 11.0 Å². The number of hydrogen-bond acceptors (Lipinski definition) is 3. The molecule has 0 aliphatic carbocycles. The lowest BCUT2D eigenvalue weighted by Crippen LogP contribution is -2.24. The van der Waals surface area contributed by atoms with E-state index in [1.54, 1.807) is 18.8 Å². The van der Waals surface area contributed by atoms with Gasteiger partial charge >= 0.3 is 0 Å². The second kappa shape index (κ2) is 5.23. The molecular weight excluding hydrogens is 234 g/mol. The molecular formula is C12H15N3OS. The number of carbonyl (C=O) groups excluding carboxylic acids is 1. The van der Waals surface area contributed by atoms with Crippen LogP contribution in [0, 0.1) is 0 Å². The first-order valence-corrected chi connectivity index (χ1v) is 6.79. The van der Waals surface area contributed by atoms with Crippen molar-refractivity contribution in [3.63, 3.8) is 0 Å². The molecule has 0 fully saturated rings. The number of para-hydroxylation sites is 2. The molecule has 0 aliphatic rings. The second-order valence-electron chi connectivity index (χ2n) is 3.71. The normalized spacial score (nSPS) is 10.7. The molecule has 90 valence electrons. The average Bonchev–Trinajstić information content (AvgIpc) is 2.68. The number of imidazole rings is 1. The van der Waals surface area contributed by atoms with Gasteiger partial charge in [0.25, 0.3) is 0 Å². The Morgan fingerprint density at radius 2 is 2.24 bits per heavy atom. The van der Waals surface area contributed by atoms with Crippen LogP contribution in [-0.2, 0) is 17.1 Å². The van der Waals surface area contributed by atoms with Gasteiger partial charge in [-0.1, -0.05) is 12.1 Å². The molecule has 2 rings (SSSR count). The number of nitrogens with one attached hydrogen (secondary N) is 1. The first-order valence-electron chi connectivity index (χ1n) is 5.40. The minimum absolute atomic E-state index is 0.00416. The highest BCUT2D eigenvalue weighted by Gasteiger charge is 2.11. The lowest BCUT2D eigenvalue weighted by molar-refractivity contribution is -0.121. The van der Waals surface area contributed by atoms with E-state index in [0.717, 1.165) is 22.6 Å². The van der Waals surface area contributed by atoms with E-state index < -0.39 is 0 Å². The molecule has 0 aliphatic heterocycles. The maximum absolute atomic E-state index is 11.5. The third kappa shape index (κ3) is 2.44. The quantitative estimate of drug-likeness (QED) is 0.896. The van der Waals surface area contributed by atoms with Crippen molar-refractivity contribution in [2.75, 3.05) is 13.3 Å². The van der Waals surface area contributed by atoms with Gasteiger partial charge in [0.15, 0.2) is 0 Å². The molecule has 1 aromatic carbocycles. The number of amides is 1. The van der Waals surface area contributed by atoms with Gasteiger partial charge in [-0.2, -0.15) is 11.8 Å². The second-order valence-corrected chi connectivity index (χ2v) is 4.58. The van der Waals surface area contributed by atoms with Crippen LogP contribution in [0.5, 0.6) is 0 Å². The van der Waals surface area contributed by atoms with E-state index in [-0.39, 0.29) is 5.91 Å². The molecule has 1 aromatic heterocycles. The standard InChI is InChI=1S/C12H15N3OS/c1-13-12(16)7-15-10-6-4-3-5-9(10)14-11(15)8-17-2/h3-6H,7-8H2,1-2H3,(H,13,16). The highest BCUT2D eigenvalue weighted by Crippen LogP contribution is 2.18. The number of nitrogens with zero attached hydrogens (tertiary/aromatic N) is 2. The van der Waals surface area contributed by atoms with Crippen molar-refractivity contribution in [1.29, 1.82) is 0 Å². The predicted molar refractivity (Wildman–Crippen MR) is 71.0 cm³/mol. The van der Waals surface area contributed by atoms with Gasteiger partial charge in [-0.25, -0.2) is 4.98 Å². The Labute approximate surface area is 104 Å². The molecule has 4 nitrogen and oxygen atoms in total. The predicted octanol–water partition coefficient (Wildman–Crippen LogP) is 1.65. The zero-order chi connectivity index (χ0) is 12.3. The zero-order valence-electron chi connectivity index (χ0n) is 9.93. The van der Waals surface area contributed by atoms with E-state index in [1.807, 2.05) is 35.1 Å². The van der Waals surface area contributed by atoms with Crippen LogP contribution >= 0.6 is 11.8 Å². The molecule has 0 unspecified atom stereocenters. The molecule has 17 heavy (non-hydrogen) atoms. The van der Waals surface area contributed by atoms with Gasteiger partial charge in [0.05, 0.1) is 16.8 Å². The van der Waals surface area contributed by atoms with E-state index in [1.165, 1.54) is 0 Å². The molecule has 0 saturated carbocycles. The fraction of sp³-hybridized carbons (Fsp3) is 0.333. The van der Waals surface area contributed by atoms with Crippen molar-refractivity contribution in [1.82, 2.24) is 14.9 Å². The molecule has 0 spiro atoms. The lowest BCUT2D eigenvalue weighted by atomic mass is 10.3. The number of aromatic nitrogens is 2. The van der Waals surface area contributed by atoms with Crippen molar-refractivity contribution in [3.05, 3.63) is 30.1 Å². The van der Waals surface area contributed by atoms with Crippen molar-refractivity contribution in [2.45, 2.75) is 12.3 Å². The first-order chi connectivity index (χ1) is 8.26. The van der Waals surface area contributed by atoms with Crippen LogP contribution < -0.4 is 5.32 Å². The van der Waals surface area contributed by atoms with Gasteiger partial charge in [-0.3, -0.25) is 4.79 Å². The Morgan fingerprint density at radius 1 is 1.47 bits per heavy atom. The number of rotatable bonds is 4. The monoisotopic (exact) mass is 249 g/mol. The number of benzene rings is 1. The van der Waals surface area contributed by atoms with Crippen molar-refractivity contribution in [2.24, 2.45) is 0 Å². The number of hydrogen-bond donors (Lipinski definition) is 1. The molecule has 0 saturated heterocycles. The summed E-state index contributed by atoms with van der Waals surface area (Å²) in [5.74, 6) is 1.75. The SMILES string of the molecule is CNC(=O)Cn1c(CSC)nc2ccccc21. The first kappa shape index (κ1) is 12.0. The van der Waals surface area contributed by atoms with Crippen LogP contribution in [0.2, 0.25) is 0 Å². The minimum Gasteiger partial charge on any atom is -0.358 e. The molecule has 0 radical (unpaired) electrons. The summed E-state index contributed by atoms with van der Waals surface area (Å²) in [6.45, 7) is 0.326. The summed E-state index contributed by atoms with van der Waals surface area (Å²) in [5, 5.41) is 2.64. The van der Waals surface area contributed by atoms with E-state index in [2.05, 4.69) is 10.3 Å². The zero-order valence-corrected chi connectivity index (χ0v) is 10.8. The van der Waals surface area contributed by atoms with Crippen molar-refractivity contribution in [3.8, 4) is 0 Å². The molecule has 1 heterocycles. The third-order valence-corrected chi connectivity index (χ3v) is 3.13. The van der Waals surface area contributed by atoms with Crippen LogP contribution in [0.4, 0.5) is 0 Å². The summed E-state index contributed by atoms with van der Waals surface area (Å²) in [6.07, 6.45) is 2.03. The van der Waals surface area contributed by atoms with Gasteiger partial charge in [0.2, 0.25) is 5.91 Å². The van der Waals surface area contributed by atoms with Crippen LogP contribution in [-0.4, -0.2) is 28.8 Å². The average molecular weight is 249 g/mol. The summed E-state index contributed by atoms with van der Waals surface area (Å²) in [6, 6.07) is 7.89. The van der Waals surface area contributed by atoms with E-state index >= 15 is 0 Å². The van der Waals surface area contributed by atoms with Gasteiger partial charge in [-0.15, -0.1) is 0 Å². The summed E-state index contributed by atoms with van der Waals surface area (Å²) in [4.78, 5) is 16.1. The molecule has 2 aromatic rings. The topological polar surface area (TPSA) is 46.9 Å². The highest BCUT2D eigenvalue weighted by molar-refractivity contribution is 7.97. The Hall–Kier alpha value is -1.49. The fourth-order valence-electron chi connectivity index (χ4n) is 1.76. The van der Waals surface area contributed by atoms with Crippen LogP contribution in [0.1, 0.15) is 5.82 Å². The Morgan fingerprint density at radius 3 is 2.94 bits per heavy atom. The van der Waals surface area contributed by atoms with Gasteiger partial charge in [0.1, 0.15) is 12.4 Å². The summed E-state index contributed by atoms with van der Waals surface area (Å²) in [7, 11) is 1.65. The largest absolute Gasteiger partial charge is 0.358 e. The van der Waals surface area contributed by atoms with E-state index in [9.17, 15) is 4.79 Å². The van der Waals surface area contributed by atoms with E-state index in [0.29, 0.717) is 6.54 Å². The van der Waals surface area contributed by atoms with E-state index in [4.69, 9.17) is 0 Å². The summed E-state index contributed by atoms with van der Waals surface area (Å²) in [5.41, 5.74) is 1.96. The Kier molecular flexibility index (Phi) is 3.68. The maximum atomic E-state index is 11.5. The number of fused-ring (bicyclic) bond motifs is 1. The lowest BCUT2D eigenvalue weighted by Gasteiger charge is -2.07. The van der Waals surface area contributed by atoms with Gasteiger partial charge < -0.3 is 9.88 Å². The summed E-state index contributed by atoms with van der Waals surface area (Å²) >= 11 is 1.70. The third-order valence-electron chi connectivity index (χ3n) is 2.59. The number of likely N-dealkylation sites (N-methyl/N-ethyl adjacent to an activating group) is 1. The highest BCUT2D eigenvalue weighted by atomic mass is 32.2. The van der Waals surface area contributed by atoms with Crippen LogP contribution in [0.3, 0.4) is 0 Å². The smallest absolute Gasteiger partial charge is 0.239 e. The molecule has 1 amide bonds. The number of thioether (sulfide) groups is 1. The van der Waals surface area contributed by atoms with Gasteiger partial charge in [-0.05, 0) is 18.4 Å². The van der Waals surface area contributed by atoms with Crippen LogP contribution in [0.15, 0.2) is 24.3 Å². The van der Waals surface area contributed by atoms with Gasteiger partial charge in [0, 0.05) is 7.05 Å². The molecule has 0 bridgehead atoms. The number of carbonyl (C=O) groups is 1. The molecule has 0 atom stereocenters. The molecule has 5 heteroatoms. The molecule has 1 N–H and O–H groups in total. The fourth-order valence-corrected chi connectivity index (χ4v) is 2.24.